The highest BCUT2D eigenvalue weighted by molar-refractivity contribution is 5.98. The molecule has 18 heavy (non-hydrogen) atoms. The van der Waals surface area contributed by atoms with Gasteiger partial charge in [-0.05, 0) is 30.7 Å². The second-order valence-electron chi connectivity index (χ2n) is 4.53. The monoisotopic (exact) mass is 238 g/mol. The fourth-order valence-electron chi connectivity index (χ4n) is 2.13. The normalized spacial score (nSPS) is 13.6. The molecule has 0 bridgehead atoms. The van der Waals surface area contributed by atoms with Gasteiger partial charge in [0.2, 0.25) is 0 Å². The summed E-state index contributed by atoms with van der Waals surface area (Å²) in [6.07, 6.45) is 0. The van der Waals surface area contributed by atoms with Crippen molar-refractivity contribution in [3.05, 3.63) is 65.2 Å². The van der Waals surface area contributed by atoms with Crippen molar-refractivity contribution < 1.29 is 4.79 Å². The number of hydrazine groups is 1. The van der Waals surface area contributed by atoms with Gasteiger partial charge in [0.15, 0.2) is 0 Å². The molecule has 0 saturated carbocycles. The van der Waals surface area contributed by atoms with Crippen LogP contribution < -0.4 is 5.43 Å². The van der Waals surface area contributed by atoms with Crippen molar-refractivity contribution in [2.24, 2.45) is 0 Å². The fraction of sp³-hybridized carbons (Fsp3) is 0.133. The van der Waals surface area contributed by atoms with Crippen LogP contribution in [0.3, 0.4) is 0 Å². The van der Waals surface area contributed by atoms with E-state index in [2.05, 4.69) is 5.43 Å². The lowest BCUT2D eigenvalue weighted by atomic mass is 10.1. The molecule has 0 radical (unpaired) electrons. The third-order valence-electron chi connectivity index (χ3n) is 3.14. The predicted molar refractivity (Wildman–Crippen MR) is 71.1 cm³/mol. The lowest BCUT2D eigenvalue weighted by molar-refractivity contribution is 0.0814. The summed E-state index contributed by atoms with van der Waals surface area (Å²) >= 11 is 0. The van der Waals surface area contributed by atoms with Gasteiger partial charge < -0.3 is 0 Å². The van der Waals surface area contributed by atoms with Gasteiger partial charge in [0.25, 0.3) is 5.91 Å². The van der Waals surface area contributed by atoms with E-state index in [1.807, 2.05) is 55.5 Å². The first kappa shape index (κ1) is 10.8. The van der Waals surface area contributed by atoms with Gasteiger partial charge in [-0.3, -0.25) is 10.2 Å². The number of amides is 1. The van der Waals surface area contributed by atoms with E-state index in [-0.39, 0.29) is 5.91 Å². The highest BCUT2D eigenvalue weighted by Gasteiger charge is 2.26. The summed E-state index contributed by atoms with van der Waals surface area (Å²) in [6, 6.07) is 15.7. The summed E-state index contributed by atoms with van der Waals surface area (Å²) in [4.78, 5) is 12.1. The van der Waals surface area contributed by atoms with Gasteiger partial charge in [0.1, 0.15) is 0 Å². The Balaban J connectivity index is 1.81. The molecule has 0 spiro atoms. The van der Waals surface area contributed by atoms with Gasteiger partial charge in [-0.2, -0.15) is 0 Å². The van der Waals surface area contributed by atoms with Crippen LogP contribution in [0.5, 0.6) is 0 Å². The van der Waals surface area contributed by atoms with Crippen molar-refractivity contribution >= 4 is 11.6 Å². The summed E-state index contributed by atoms with van der Waals surface area (Å²) in [5, 5.41) is 1.65. The average molecular weight is 238 g/mol. The number of carbonyl (C=O) groups is 1. The van der Waals surface area contributed by atoms with Crippen LogP contribution in [0, 0.1) is 6.92 Å². The smallest absolute Gasteiger partial charge is 0.272 e. The molecule has 3 rings (SSSR count). The van der Waals surface area contributed by atoms with Gasteiger partial charge in [0.05, 0.1) is 12.2 Å². The summed E-state index contributed by atoms with van der Waals surface area (Å²) in [7, 11) is 0. The van der Waals surface area contributed by atoms with E-state index in [1.54, 1.807) is 5.01 Å². The Kier molecular flexibility index (Phi) is 2.52. The first-order chi connectivity index (χ1) is 8.74. The molecule has 2 aromatic carbocycles. The zero-order valence-corrected chi connectivity index (χ0v) is 10.2. The van der Waals surface area contributed by atoms with E-state index in [1.165, 1.54) is 5.56 Å². The van der Waals surface area contributed by atoms with Crippen LogP contribution in [0.25, 0.3) is 0 Å². The quantitative estimate of drug-likeness (QED) is 0.872. The van der Waals surface area contributed by atoms with E-state index in [0.29, 0.717) is 6.54 Å². The minimum atomic E-state index is 0.0335. The van der Waals surface area contributed by atoms with Crippen LogP contribution >= 0.6 is 0 Å². The minimum Gasteiger partial charge on any atom is -0.295 e. The average Bonchev–Trinajstić information content (AvgIpc) is 2.70. The number of benzene rings is 2. The van der Waals surface area contributed by atoms with Crippen molar-refractivity contribution in [2.75, 3.05) is 5.43 Å². The van der Waals surface area contributed by atoms with E-state index in [0.717, 1.165) is 16.8 Å². The van der Waals surface area contributed by atoms with Crippen LogP contribution in [0.2, 0.25) is 0 Å². The standard InChI is InChI=1S/C15H14N2O/c1-11-6-8-13(9-7-11)16-17-10-12-4-2-3-5-14(12)15(17)18/h2-9,16H,10H2,1H3. The Morgan fingerprint density at radius 3 is 2.50 bits per heavy atom. The molecule has 1 aliphatic rings. The van der Waals surface area contributed by atoms with Crippen LogP contribution in [0.4, 0.5) is 5.69 Å². The molecule has 0 fully saturated rings. The third kappa shape index (κ3) is 1.84. The maximum atomic E-state index is 12.1. The van der Waals surface area contributed by atoms with Crippen LogP contribution in [0.1, 0.15) is 21.5 Å². The molecule has 2 aromatic rings. The molecule has 0 saturated heterocycles. The summed E-state index contributed by atoms with van der Waals surface area (Å²) in [6.45, 7) is 2.66. The SMILES string of the molecule is Cc1ccc(NN2Cc3ccccc3C2=O)cc1. The van der Waals surface area contributed by atoms with Crippen molar-refractivity contribution in [2.45, 2.75) is 13.5 Å². The van der Waals surface area contributed by atoms with Crippen LogP contribution in [0.15, 0.2) is 48.5 Å². The molecule has 0 unspecified atom stereocenters. The predicted octanol–water partition coefficient (Wildman–Crippen LogP) is 2.98. The van der Waals surface area contributed by atoms with Gasteiger partial charge in [-0.1, -0.05) is 35.9 Å². The van der Waals surface area contributed by atoms with E-state index in [9.17, 15) is 4.79 Å². The van der Waals surface area contributed by atoms with Crippen molar-refractivity contribution in [3.63, 3.8) is 0 Å². The zero-order valence-electron chi connectivity index (χ0n) is 10.2. The highest BCUT2D eigenvalue weighted by Crippen LogP contribution is 2.23. The molecule has 0 aromatic heterocycles. The van der Waals surface area contributed by atoms with Gasteiger partial charge in [-0.25, -0.2) is 5.01 Å². The minimum absolute atomic E-state index is 0.0335. The Hall–Kier alpha value is -2.29. The molecule has 1 N–H and O–H groups in total. The first-order valence-corrected chi connectivity index (χ1v) is 5.97. The van der Waals surface area contributed by atoms with Crippen molar-refractivity contribution in [1.29, 1.82) is 0 Å². The molecule has 3 heteroatoms. The molecule has 1 heterocycles. The summed E-state index contributed by atoms with van der Waals surface area (Å²) < 4.78 is 0. The lowest BCUT2D eigenvalue weighted by Gasteiger charge is -2.18. The number of fused-ring (bicyclic) bond motifs is 1. The first-order valence-electron chi connectivity index (χ1n) is 5.97. The number of nitrogens with zero attached hydrogens (tertiary/aromatic N) is 1. The van der Waals surface area contributed by atoms with Gasteiger partial charge >= 0.3 is 0 Å². The largest absolute Gasteiger partial charge is 0.295 e. The maximum absolute atomic E-state index is 12.1. The Morgan fingerprint density at radius 2 is 1.78 bits per heavy atom. The Labute approximate surface area is 106 Å². The van der Waals surface area contributed by atoms with E-state index in [4.69, 9.17) is 0 Å². The lowest BCUT2D eigenvalue weighted by Crippen LogP contribution is -2.30. The molecule has 90 valence electrons. The summed E-state index contributed by atoms with van der Waals surface area (Å²) in [5.74, 6) is 0.0335. The molecular formula is C15H14N2O. The number of aryl methyl sites for hydroxylation is 1. The second-order valence-corrected chi connectivity index (χ2v) is 4.53. The number of rotatable bonds is 2. The molecule has 0 aliphatic carbocycles. The zero-order chi connectivity index (χ0) is 12.5. The van der Waals surface area contributed by atoms with Crippen molar-refractivity contribution in [1.82, 2.24) is 5.01 Å². The van der Waals surface area contributed by atoms with Crippen molar-refractivity contribution in [3.8, 4) is 0 Å². The highest BCUT2D eigenvalue weighted by atomic mass is 16.2. The van der Waals surface area contributed by atoms with Gasteiger partial charge in [-0.15, -0.1) is 0 Å². The Bertz CT molecular complexity index is 590. The molecular weight excluding hydrogens is 224 g/mol. The number of hydrogen-bond acceptors (Lipinski definition) is 2. The van der Waals surface area contributed by atoms with E-state index < -0.39 is 0 Å². The molecule has 1 aliphatic heterocycles. The van der Waals surface area contributed by atoms with Crippen LogP contribution in [-0.2, 0) is 6.54 Å². The number of anilines is 1. The number of carbonyl (C=O) groups excluding carboxylic acids is 1. The number of nitrogens with one attached hydrogen (secondary N) is 1. The maximum Gasteiger partial charge on any atom is 0.272 e. The Morgan fingerprint density at radius 1 is 1.06 bits per heavy atom. The second kappa shape index (κ2) is 4.18. The summed E-state index contributed by atoms with van der Waals surface area (Å²) in [5.41, 5.74) is 7.15. The third-order valence-corrected chi connectivity index (χ3v) is 3.14. The molecule has 3 nitrogen and oxygen atoms in total. The van der Waals surface area contributed by atoms with Gasteiger partial charge in [0, 0.05) is 5.56 Å². The molecule has 1 amide bonds. The topological polar surface area (TPSA) is 32.3 Å². The molecule has 0 atom stereocenters. The number of hydrogen-bond donors (Lipinski definition) is 1. The fourth-order valence-corrected chi connectivity index (χ4v) is 2.13. The van der Waals surface area contributed by atoms with Crippen LogP contribution in [-0.4, -0.2) is 10.9 Å². The van der Waals surface area contributed by atoms with E-state index >= 15 is 0 Å².